The zero-order valence-corrected chi connectivity index (χ0v) is 18.6. The van der Waals surface area contributed by atoms with Crippen molar-refractivity contribution < 1.29 is 9.13 Å². The van der Waals surface area contributed by atoms with Crippen molar-refractivity contribution in [1.29, 1.82) is 0 Å². The second-order valence-corrected chi connectivity index (χ2v) is 8.39. The Morgan fingerprint density at radius 2 is 1.87 bits per heavy atom. The number of thiocarbonyl (C=S) groups is 1. The molecule has 7 nitrogen and oxygen atoms in total. The highest BCUT2D eigenvalue weighted by Crippen LogP contribution is 2.27. The van der Waals surface area contributed by atoms with Crippen LogP contribution in [-0.4, -0.2) is 54.0 Å². The predicted octanol–water partition coefficient (Wildman–Crippen LogP) is 3.32. The number of morpholine rings is 1. The van der Waals surface area contributed by atoms with Crippen LogP contribution in [-0.2, 0) is 11.3 Å². The number of hydrogen-bond donors (Lipinski definition) is 2. The largest absolute Gasteiger partial charge is 0.378 e. The summed E-state index contributed by atoms with van der Waals surface area (Å²) in [5.74, 6) is 2.04. The highest BCUT2D eigenvalue weighted by Gasteiger charge is 2.23. The predicted molar refractivity (Wildman–Crippen MR) is 125 cm³/mol. The van der Waals surface area contributed by atoms with E-state index in [1.165, 1.54) is 25.0 Å². The molecule has 1 atom stereocenters. The Bertz CT molecular complexity index is 890. The van der Waals surface area contributed by atoms with Crippen molar-refractivity contribution in [2.24, 2.45) is 0 Å². The van der Waals surface area contributed by atoms with E-state index in [0.29, 0.717) is 36.9 Å². The first-order valence-corrected chi connectivity index (χ1v) is 11.3. The molecule has 2 N–H and O–H groups in total. The number of hydrogen-bond acceptors (Lipinski definition) is 6. The van der Waals surface area contributed by atoms with Gasteiger partial charge in [0.25, 0.3) is 0 Å². The van der Waals surface area contributed by atoms with Gasteiger partial charge in [-0.3, -0.25) is 0 Å². The van der Waals surface area contributed by atoms with Crippen LogP contribution in [0.3, 0.4) is 0 Å². The molecule has 0 bridgehead atoms. The fourth-order valence-corrected chi connectivity index (χ4v) is 4.11. The Labute approximate surface area is 188 Å². The number of rotatable bonds is 5. The third kappa shape index (κ3) is 5.80. The van der Waals surface area contributed by atoms with Crippen LogP contribution in [0.2, 0.25) is 0 Å². The lowest BCUT2D eigenvalue weighted by Gasteiger charge is -2.35. The standard InChI is InChI=1S/C22H29FN6OS/c1-16-4-2-3-9-29(16)20-14-19(28-10-12-30-13-11-28)25-21(26-20)27-22(31)24-15-17-5-7-18(23)8-6-17/h5-8,14,16H,2-4,9-13,15H2,1H3,(H2,24,25,26,27,31)/t16-/m1/s1. The van der Waals surface area contributed by atoms with Crippen LogP contribution in [0.4, 0.5) is 22.0 Å². The van der Waals surface area contributed by atoms with E-state index in [1.54, 1.807) is 12.1 Å². The number of piperidine rings is 1. The van der Waals surface area contributed by atoms with Gasteiger partial charge in [0.05, 0.1) is 13.2 Å². The van der Waals surface area contributed by atoms with E-state index in [0.717, 1.165) is 43.3 Å². The van der Waals surface area contributed by atoms with Crippen molar-refractivity contribution in [3.05, 3.63) is 41.7 Å². The SMILES string of the molecule is C[C@@H]1CCCCN1c1cc(N2CCOCC2)nc(NC(=S)NCc2ccc(F)cc2)n1. The van der Waals surface area contributed by atoms with Gasteiger partial charge in [0.1, 0.15) is 17.5 Å². The maximum atomic E-state index is 13.1. The van der Waals surface area contributed by atoms with Crippen LogP contribution in [0.25, 0.3) is 0 Å². The molecule has 2 aromatic rings. The lowest BCUT2D eigenvalue weighted by atomic mass is 10.0. The molecule has 2 aliphatic heterocycles. The number of ether oxygens (including phenoxy) is 1. The van der Waals surface area contributed by atoms with E-state index >= 15 is 0 Å². The molecule has 1 aromatic carbocycles. The van der Waals surface area contributed by atoms with Gasteiger partial charge >= 0.3 is 0 Å². The van der Waals surface area contributed by atoms with Crippen LogP contribution in [0.5, 0.6) is 0 Å². The minimum Gasteiger partial charge on any atom is -0.378 e. The second kappa shape index (κ2) is 10.2. The molecule has 0 radical (unpaired) electrons. The summed E-state index contributed by atoms with van der Waals surface area (Å²) >= 11 is 5.46. The fourth-order valence-electron chi connectivity index (χ4n) is 3.95. The summed E-state index contributed by atoms with van der Waals surface area (Å²) < 4.78 is 18.6. The molecule has 3 heterocycles. The Balaban J connectivity index is 1.49. The van der Waals surface area contributed by atoms with Crippen LogP contribution in [0.15, 0.2) is 30.3 Å². The minimum absolute atomic E-state index is 0.253. The Morgan fingerprint density at radius 3 is 2.61 bits per heavy atom. The van der Waals surface area contributed by atoms with E-state index in [1.807, 2.05) is 0 Å². The van der Waals surface area contributed by atoms with Gasteiger partial charge in [0.2, 0.25) is 5.95 Å². The summed E-state index contributed by atoms with van der Waals surface area (Å²) in [4.78, 5) is 14.1. The van der Waals surface area contributed by atoms with E-state index in [9.17, 15) is 4.39 Å². The second-order valence-electron chi connectivity index (χ2n) is 7.98. The van der Waals surface area contributed by atoms with Crippen molar-refractivity contribution in [2.75, 3.05) is 48.0 Å². The molecule has 0 saturated carbocycles. The van der Waals surface area contributed by atoms with Gasteiger partial charge in [-0.1, -0.05) is 12.1 Å². The van der Waals surface area contributed by atoms with Crippen molar-refractivity contribution >= 4 is 34.9 Å². The average molecular weight is 445 g/mol. The quantitative estimate of drug-likeness (QED) is 0.681. The average Bonchev–Trinajstić information content (AvgIpc) is 2.79. The highest BCUT2D eigenvalue weighted by atomic mass is 32.1. The molecule has 9 heteroatoms. The first-order valence-electron chi connectivity index (χ1n) is 10.9. The lowest BCUT2D eigenvalue weighted by Crippen LogP contribution is -2.40. The van der Waals surface area contributed by atoms with E-state index in [4.69, 9.17) is 26.9 Å². The smallest absolute Gasteiger partial charge is 0.232 e. The lowest BCUT2D eigenvalue weighted by molar-refractivity contribution is 0.122. The summed E-state index contributed by atoms with van der Waals surface area (Å²) in [7, 11) is 0. The van der Waals surface area contributed by atoms with E-state index in [2.05, 4.69) is 33.4 Å². The van der Waals surface area contributed by atoms with Crippen LogP contribution < -0.4 is 20.4 Å². The zero-order chi connectivity index (χ0) is 21.6. The third-order valence-electron chi connectivity index (χ3n) is 5.72. The number of nitrogens with one attached hydrogen (secondary N) is 2. The molecule has 1 aromatic heterocycles. The van der Waals surface area contributed by atoms with Gasteiger partial charge in [0, 0.05) is 38.3 Å². The van der Waals surface area contributed by atoms with Crippen molar-refractivity contribution in [3.63, 3.8) is 0 Å². The number of halogens is 1. The van der Waals surface area contributed by atoms with E-state index < -0.39 is 0 Å². The molecule has 0 amide bonds. The molecular weight excluding hydrogens is 415 g/mol. The summed E-state index contributed by atoms with van der Waals surface area (Å²) in [5, 5.41) is 6.71. The Kier molecular flexibility index (Phi) is 7.14. The maximum absolute atomic E-state index is 13.1. The summed E-state index contributed by atoms with van der Waals surface area (Å²) in [6.45, 7) is 6.73. The molecule has 2 fully saturated rings. The van der Waals surface area contributed by atoms with Crippen LogP contribution in [0, 0.1) is 5.82 Å². The van der Waals surface area contributed by atoms with Crippen molar-refractivity contribution in [2.45, 2.75) is 38.8 Å². The minimum atomic E-state index is -0.253. The molecule has 0 aliphatic carbocycles. The zero-order valence-electron chi connectivity index (χ0n) is 17.8. The molecule has 2 aliphatic rings. The van der Waals surface area contributed by atoms with Gasteiger partial charge in [-0.25, -0.2) is 4.39 Å². The van der Waals surface area contributed by atoms with Gasteiger partial charge in [-0.2, -0.15) is 9.97 Å². The number of benzene rings is 1. The van der Waals surface area contributed by atoms with E-state index in [-0.39, 0.29) is 5.82 Å². The van der Waals surface area contributed by atoms with Gasteiger partial charge in [-0.05, 0) is 56.1 Å². The molecule has 166 valence electrons. The number of nitrogens with zero attached hydrogens (tertiary/aromatic N) is 4. The first-order chi connectivity index (χ1) is 15.1. The topological polar surface area (TPSA) is 65.6 Å². The summed E-state index contributed by atoms with van der Waals surface area (Å²) in [5.41, 5.74) is 0.941. The Hall–Kier alpha value is -2.52. The normalized spacial score (nSPS) is 19.2. The summed E-state index contributed by atoms with van der Waals surface area (Å²) in [6.07, 6.45) is 3.58. The molecule has 0 unspecified atom stereocenters. The number of anilines is 3. The van der Waals surface area contributed by atoms with Gasteiger partial charge in [0.15, 0.2) is 5.11 Å². The molecule has 2 saturated heterocycles. The molecule has 4 rings (SSSR count). The van der Waals surface area contributed by atoms with Crippen LogP contribution >= 0.6 is 12.2 Å². The first kappa shape index (κ1) is 21.7. The Morgan fingerprint density at radius 1 is 1.13 bits per heavy atom. The monoisotopic (exact) mass is 444 g/mol. The fraction of sp³-hybridized carbons (Fsp3) is 0.500. The van der Waals surface area contributed by atoms with Crippen molar-refractivity contribution in [1.82, 2.24) is 15.3 Å². The number of aromatic nitrogens is 2. The van der Waals surface area contributed by atoms with Crippen molar-refractivity contribution in [3.8, 4) is 0 Å². The van der Waals surface area contributed by atoms with Gasteiger partial charge in [-0.15, -0.1) is 0 Å². The highest BCUT2D eigenvalue weighted by molar-refractivity contribution is 7.80. The summed E-state index contributed by atoms with van der Waals surface area (Å²) in [6, 6.07) is 8.86. The molecule has 0 spiro atoms. The van der Waals surface area contributed by atoms with Crippen LogP contribution in [0.1, 0.15) is 31.7 Å². The maximum Gasteiger partial charge on any atom is 0.232 e. The third-order valence-corrected chi connectivity index (χ3v) is 5.97. The van der Waals surface area contributed by atoms with Gasteiger partial charge < -0.3 is 25.2 Å². The molecular formula is C22H29FN6OS. The molecule has 31 heavy (non-hydrogen) atoms.